The lowest BCUT2D eigenvalue weighted by molar-refractivity contribution is 0.102. The van der Waals surface area contributed by atoms with E-state index in [9.17, 15) is 4.79 Å². The SMILES string of the molecule is Cc1cccc(CNc2ccc(C(=O)Nc3ccc(C(C)C)cc3)nc2)c1. The molecule has 3 aromatic rings. The van der Waals surface area contributed by atoms with Crippen molar-refractivity contribution in [2.45, 2.75) is 33.2 Å². The molecule has 1 aromatic heterocycles. The van der Waals surface area contributed by atoms with E-state index in [0.717, 1.165) is 17.9 Å². The highest BCUT2D eigenvalue weighted by Crippen LogP contribution is 2.18. The molecule has 138 valence electrons. The minimum absolute atomic E-state index is 0.211. The Kier molecular flexibility index (Phi) is 5.87. The lowest BCUT2D eigenvalue weighted by Gasteiger charge is -2.09. The number of pyridine rings is 1. The van der Waals surface area contributed by atoms with Gasteiger partial charge >= 0.3 is 0 Å². The van der Waals surface area contributed by atoms with Crippen LogP contribution in [0.1, 0.15) is 46.9 Å². The van der Waals surface area contributed by atoms with E-state index in [0.29, 0.717) is 11.6 Å². The number of nitrogens with zero attached hydrogens (tertiary/aromatic N) is 1. The van der Waals surface area contributed by atoms with Crippen molar-refractivity contribution in [2.24, 2.45) is 0 Å². The van der Waals surface area contributed by atoms with Crippen LogP contribution < -0.4 is 10.6 Å². The number of aryl methyl sites for hydroxylation is 1. The van der Waals surface area contributed by atoms with Crippen LogP contribution in [-0.2, 0) is 6.54 Å². The molecular formula is C23H25N3O. The Hall–Kier alpha value is -3.14. The van der Waals surface area contributed by atoms with Crippen LogP contribution in [0.5, 0.6) is 0 Å². The summed E-state index contributed by atoms with van der Waals surface area (Å²) in [6.45, 7) is 7.09. The molecule has 1 heterocycles. The summed E-state index contributed by atoms with van der Waals surface area (Å²) in [6.07, 6.45) is 1.69. The van der Waals surface area contributed by atoms with Crippen LogP contribution in [-0.4, -0.2) is 10.9 Å². The number of nitrogens with one attached hydrogen (secondary N) is 2. The fourth-order valence-corrected chi connectivity index (χ4v) is 2.81. The predicted octanol–water partition coefficient (Wildman–Crippen LogP) is 5.38. The monoisotopic (exact) mass is 359 g/mol. The maximum absolute atomic E-state index is 12.4. The van der Waals surface area contributed by atoms with Crippen LogP contribution in [0, 0.1) is 6.92 Å². The van der Waals surface area contributed by atoms with Gasteiger partial charge in [0.05, 0.1) is 11.9 Å². The van der Waals surface area contributed by atoms with E-state index >= 15 is 0 Å². The van der Waals surface area contributed by atoms with Crippen molar-refractivity contribution in [3.05, 3.63) is 89.2 Å². The Morgan fingerprint density at radius 2 is 1.74 bits per heavy atom. The van der Waals surface area contributed by atoms with Crippen LogP contribution >= 0.6 is 0 Å². The molecule has 1 amide bonds. The molecule has 4 nitrogen and oxygen atoms in total. The molecule has 0 fully saturated rings. The van der Waals surface area contributed by atoms with Gasteiger partial charge in [-0.15, -0.1) is 0 Å². The third-order valence-corrected chi connectivity index (χ3v) is 4.41. The zero-order valence-electron chi connectivity index (χ0n) is 16.0. The second-order valence-corrected chi connectivity index (χ2v) is 7.01. The van der Waals surface area contributed by atoms with Crippen LogP contribution in [0.2, 0.25) is 0 Å². The first-order chi connectivity index (χ1) is 13.0. The number of hydrogen-bond donors (Lipinski definition) is 2. The summed E-state index contributed by atoms with van der Waals surface area (Å²) in [4.78, 5) is 16.6. The smallest absolute Gasteiger partial charge is 0.274 e. The highest BCUT2D eigenvalue weighted by molar-refractivity contribution is 6.02. The largest absolute Gasteiger partial charge is 0.380 e. The zero-order valence-corrected chi connectivity index (χ0v) is 16.0. The van der Waals surface area contributed by atoms with Gasteiger partial charge in [0.25, 0.3) is 5.91 Å². The van der Waals surface area contributed by atoms with E-state index in [1.165, 1.54) is 16.7 Å². The summed E-state index contributed by atoms with van der Waals surface area (Å²) >= 11 is 0. The summed E-state index contributed by atoms with van der Waals surface area (Å²) < 4.78 is 0. The molecule has 4 heteroatoms. The number of carbonyl (C=O) groups excluding carboxylic acids is 1. The quantitative estimate of drug-likeness (QED) is 0.621. The van der Waals surface area contributed by atoms with Gasteiger partial charge < -0.3 is 10.6 Å². The molecule has 0 unspecified atom stereocenters. The standard InChI is InChI=1S/C23H25N3O/c1-16(2)19-7-9-20(10-8-19)26-23(27)22-12-11-21(15-25-22)24-14-18-6-4-5-17(3)13-18/h4-13,15-16,24H,14H2,1-3H3,(H,26,27). The average Bonchev–Trinajstić information content (AvgIpc) is 2.67. The van der Waals surface area contributed by atoms with E-state index < -0.39 is 0 Å². The summed E-state index contributed by atoms with van der Waals surface area (Å²) in [5.41, 5.74) is 5.74. The average molecular weight is 359 g/mol. The number of anilines is 2. The molecule has 0 atom stereocenters. The normalized spacial score (nSPS) is 10.7. The van der Waals surface area contributed by atoms with Crippen molar-refractivity contribution in [3.63, 3.8) is 0 Å². The third kappa shape index (κ3) is 5.17. The fraction of sp³-hybridized carbons (Fsp3) is 0.217. The molecular weight excluding hydrogens is 334 g/mol. The second kappa shape index (κ2) is 8.49. The van der Waals surface area contributed by atoms with Gasteiger partial charge in [-0.05, 0) is 48.2 Å². The fourth-order valence-electron chi connectivity index (χ4n) is 2.81. The molecule has 0 saturated carbocycles. The van der Waals surface area contributed by atoms with E-state index in [-0.39, 0.29) is 5.91 Å². The van der Waals surface area contributed by atoms with Crippen molar-refractivity contribution in [3.8, 4) is 0 Å². The number of benzene rings is 2. The molecule has 0 bridgehead atoms. The molecule has 0 radical (unpaired) electrons. The van der Waals surface area contributed by atoms with E-state index in [1.807, 2.05) is 36.4 Å². The Balaban J connectivity index is 1.58. The van der Waals surface area contributed by atoms with Crippen LogP contribution in [0.15, 0.2) is 66.9 Å². The molecule has 2 aromatic carbocycles. The number of aromatic nitrogens is 1. The first-order valence-corrected chi connectivity index (χ1v) is 9.18. The van der Waals surface area contributed by atoms with Gasteiger partial charge in [-0.2, -0.15) is 0 Å². The van der Waals surface area contributed by atoms with Gasteiger partial charge in [0.2, 0.25) is 0 Å². The second-order valence-electron chi connectivity index (χ2n) is 7.01. The van der Waals surface area contributed by atoms with E-state index in [4.69, 9.17) is 0 Å². The van der Waals surface area contributed by atoms with Gasteiger partial charge in [-0.3, -0.25) is 4.79 Å². The Labute approximate surface area is 160 Å². The van der Waals surface area contributed by atoms with Gasteiger partial charge in [0, 0.05) is 12.2 Å². The molecule has 0 saturated heterocycles. The molecule has 0 aliphatic rings. The lowest BCUT2D eigenvalue weighted by atomic mass is 10.0. The molecule has 27 heavy (non-hydrogen) atoms. The maximum atomic E-state index is 12.4. The minimum Gasteiger partial charge on any atom is -0.380 e. The third-order valence-electron chi connectivity index (χ3n) is 4.41. The Bertz CT molecular complexity index is 900. The number of amides is 1. The summed E-state index contributed by atoms with van der Waals surface area (Å²) in [5, 5.41) is 6.21. The zero-order chi connectivity index (χ0) is 19.2. The summed E-state index contributed by atoms with van der Waals surface area (Å²) in [5.74, 6) is 0.258. The first kappa shape index (κ1) is 18.6. The van der Waals surface area contributed by atoms with E-state index in [1.54, 1.807) is 12.3 Å². The summed E-state index contributed by atoms with van der Waals surface area (Å²) in [7, 11) is 0. The van der Waals surface area contributed by atoms with Crippen molar-refractivity contribution in [1.82, 2.24) is 4.98 Å². The van der Waals surface area contributed by atoms with Crippen molar-refractivity contribution < 1.29 is 4.79 Å². The van der Waals surface area contributed by atoms with E-state index in [2.05, 4.69) is 54.6 Å². The van der Waals surface area contributed by atoms with Gasteiger partial charge in [-0.25, -0.2) is 4.98 Å². The number of hydrogen-bond acceptors (Lipinski definition) is 3. The molecule has 0 aliphatic carbocycles. The van der Waals surface area contributed by atoms with Crippen LogP contribution in [0.25, 0.3) is 0 Å². The van der Waals surface area contributed by atoms with Gasteiger partial charge in [0.15, 0.2) is 0 Å². The van der Waals surface area contributed by atoms with Crippen molar-refractivity contribution >= 4 is 17.3 Å². The first-order valence-electron chi connectivity index (χ1n) is 9.18. The lowest BCUT2D eigenvalue weighted by Crippen LogP contribution is -2.13. The number of carbonyl (C=O) groups is 1. The van der Waals surface area contributed by atoms with Crippen molar-refractivity contribution in [1.29, 1.82) is 0 Å². The maximum Gasteiger partial charge on any atom is 0.274 e. The minimum atomic E-state index is -0.211. The summed E-state index contributed by atoms with van der Waals surface area (Å²) in [6, 6.07) is 19.9. The highest BCUT2D eigenvalue weighted by atomic mass is 16.1. The van der Waals surface area contributed by atoms with Crippen molar-refractivity contribution in [2.75, 3.05) is 10.6 Å². The van der Waals surface area contributed by atoms with Crippen LogP contribution in [0.3, 0.4) is 0 Å². The molecule has 2 N–H and O–H groups in total. The molecule has 3 rings (SSSR count). The highest BCUT2D eigenvalue weighted by Gasteiger charge is 2.08. The molecule has 0 aliphatic heterocycles. The van der Waals surface area contributed by atoms with Gasteiger partial charge in [0.1, 0.15) is 5.69 Å². The predicted molar refractivity (Wildman–Crippen MR) is 111 cm³/mol. The molecule has 0 spiro atoms. The van der Waals surface area contributed by atoms with Gasteiger partial charge in [-0.1, -0.05) is 55.8 Å². The number of rotatable bonds is 6. The Morgan fingerprint density at radius 1 is 1.00 bits per heavy atom. The topological polar surface area (TPSA) is 54.0 Å². The Morgan fingerprint density at radius 3 is 2.37 bits per heavy atom. The van der Waals surface area contributed by atoms with Crippen LogP contribution in [0.4, 0.5) is 11.4 Å².